The third-order valence-corrected chi connectivity index (χ3v) is 3.38. The first-order chi connectivity index (χ1) is 9.65. The topological polar surface area (TPSA) is 53.1 Å². The van der Waals surface area contributed by atoms with Crippen molar-refractivity contribution in [2.75, 3.05) is 6.61 Å². The van der Waals surface area contributed by atoms with Crippen molar-refractivity contribution in [2.45, 2.75) is 32.9 Å². The van der Waals surface area contributed by atoms with E-state index < -0.39 is 0 Å². The zero-order chi connectivity index (χ0) is 14.5. The quantitative estimate of drug-likeness (QED) is 0.880. The van der Waals surface area contributed by atoms with E-state index >= 15 is 0 Å². The number of nitrogens with zero attached hydrogens (tertiary/aromatic N) is 2. The molecule has 0 bridgehead atoms. The summed E-state index contributed by atoms with van der Waals surface area (Å²) in [6, 6.07) is 11.8. The summed E-state index contributed by atoms with van der Waals surface area (Å²) in [5, 5.41) is 4.39. The molecule has 2 atom stereocenters. The molecule has 0 aliphatic heterocycles. The third kappa shape index (κ3) is 3.08. The lowest BCUT2D eigenvalue weighted by Gasteiger charge is -2.27. The number of aromatic nitrogens is 2. The van der Waals surface area contributed by atoms with Crippen LogP contribution in [0, 0.1) is 5.92 Å². The monoisotopic (exact) mass is 273 g/mol. The van der Waals surface area contributed by atoms with Gasteiger partial charge in [0.1, 0.15) is 0 Å². The molecule has 2 N–H and O–H groups in total. The van der Waals surface area contributed by atoms with Gasteiger partial charge in [0, 0.05) is 12.8 Å². The SMILES string of the molecule is CCOC(C(C)C)C(N)c1ccnn1-c1ccccc1. The lowest BCUT2D eigenvalue weighted by Crippen LogP contribution is -2.34. The summed E-state index contributed by atoms with van der Waals surface area (Å²) < 4.78 is 7.70. The Bertz CT molecular complexity index is 522. The molecule has 4 nitrogen and oxygen atoms in total. The average Bonchev–Trinajstić information content (AvgIpc) is 2.94. The molecule has 2 aromatic rings. The minimum Gasteiger partial charge on any atom is -0.376 e. The normalized spacial score (nSPS) is 14.4. The van der Waals surface area contributed by atoms with Gasteiger partial charge in [0.05, 0.1) is 23.5 Å². The van der Waals surface area contributed by atoms with Crippen molar-refractivity contribution in [3.05, 3.63) is 48.3 Å². The maximum Gasteiger partial charge on any atom is 0.0805 e. The summed E-state index contributed by atoms with van der Waals surface area (Å²) in [4.78, 5) is 0. The second kappa shape index (κ2) is 6.68. The zero-order valence-electron chi connectivity index (χ0n) is 12.4. The number of rotatable bonds is 6. The van der Waals surface area contributed by atoms with Crippen LogP contribution in [0.1, 0.15) is 32.5 Å². The molecule has 20 heavy (non-hydrogen) atoms. The van der Waals surface area contributed by atoms with Gasteiger partial charge in [-0.2, -0.15) is 5.10 Å². The molecule has 2 unspecified atom stereocenters. The fourth-order valence-corrected chi connectivity index (χ4v) is 2.42. The number of ether oxygens (including phenoxy) is 1. The van der Waals surface area contributed by atoms with E-state index in [9.17, 15) is 0 Å². The van der Waals surface area contributed by atoms with Crippen LogP contribution in [-0.2, 0) is 4.74 Å². The number of hydrogen-bond acceptors (Lipinski definition) is 3. The molecule has 0 amide bonds. The van der Waals surface area contributed by atoms with Crippen LogP contribution in [0.5, 0.6) is 0 Å². The summed E-state index contributed by atoms with van der Waals surface area (Å²) in [7, 11) is 0. The van der Waals surface area contributed by atoms with Gasteiger partial charge in [-0.05, 0) is 31.0 Å². The van der Waals surface area contributed by atoms with Crippen LogP contribution in [0.2, 0.25) is 0 Å². The summed E-state index contributed by atoms with van der Waals surface area (Å²) in [6.45, 7) is 6.92. The highest BCUT2D eigenvalue weighted by molar-refractivity contribution is 5.33. The number of hydrogen-bond donors (Lipinski definition) is 1. The van der Waals surface area contributed by atoms with Crippen molar-refractivity contribution in [2.24, 2.45) is 11.7 Å². The molecule has 0 aliphatic rings. The highest BCUT2D eigenvalue weighted by Gasteiger charge is 2.26. The maximum atomic E-state index is 6.42. The molecule has 0 fully saturated rings. The molecule has 0 aliphatic carbocycles. The molecule has 0 radical (unpaired) electrons. The Morgan fingerprint density at radius 2 is 1.90 bits per heavy atom. The van der Waals surface area contributed by atoms with E-state index in [1.165, 1.54) is 0 Å². The van der Waals surface area contributed by atoms with E-state index in [1.54, 1.807) is 6.20 Å². The van der Waals surface area contributed by atoms with Gasteiger partial charge in [-0.25, -0.2) is 4.68 Å². The first-order valence-corrected chi connectivity index (χ1v) is 7.11. The first kappa shape index (κ1) is 14.8. The van der Waals surface area contributed by atoms with Gasteiger partial charge < -0.3 is 10.5 Å². The molecule has 108 valence electrons. The molecular formula is C16H23N3O. The number of nitrogens with two attached hydrogens (primary N) is 1. The summed E-state index contributed by atoms with van der Waals surface area (Å²) in [6.07, 6.45) is 1.77. The number of para-hydroxylation sites is 1. The molecule has 4 heteroatoms. The lowest BCUT2D eigenvalue weighted by molar-refractivity contribution is 0.0108. The van der Waals surface area contributed by atoms with E-state index in [2.05, 4.69) is 18.9 Å². The van der Waals surface area contributed by atoms with Gasteiger partial charge in [0.25, 0.3) is 0 Å². The van der Waals surface area contributed by atoms with Crippen molar-refractivity contribution in [3.8, 4) is 5.69 Å². The molecule has 1 aromatic heterocycles. The fraction of sp³-hybridized carbons (Fsp3) is 0.438. The Morgan fingerprint density at radius 1 is 1.20 bits per heavy atom. The minimum absolute atomic E-state index is 0.0147. The van der Waals surface area contributed by atoms with Gasteiger partial charge in [-0.1, -0.05) is 32.0 Å². The predicted octanol–water partition coefficient (Wildman–Crippen LogP) is 2.93. The standard InChI is InChI=1S/C16H23N3O/c1-4-20-16(12(2)3)15(17)14-10-11-18-19(14)13-8-6-5-7-9-13/h5-12,15-16H,4,17H2,1-3H3. The van der Waals surface area contributed by atoms with E-state index in [0.717, 1.165) is 11.4 Å². The van der Waals surface area contributed by atoms with E-state index in [4.69, 9.17) is 10.5 Å². The first-order valence-electron chi connectivity index (χ1n) is 7.11. The second-order valence-corrected chi connectivity index (χ2v) is 5.19. The largest absolute Gasteiger partial charge is 0.376 e. The Morgan fingerprint density at radius 3 is 2.50 bits per heavy atom. The van der Waals surface area contributed by atoms with Gasteiger partial charge in [0.2, 0.25) is 0 Å². The molecule has 2 rings (SSSR count). The predicted molar refractivity (Wildman–Crippen MR) is 80.7 cm³/mol. The molecule has 0 spiro atoms. The van der Waals surface area contributed by atoms with Crippen molar-refractivity contribution in [1.29, 1.82) is 0 Å². The third-order valence-electron chi connectivity index (χ3n) is 3.38. The molecule has 0 saturated carbocycles. The highest BCUT2D eigenvalue weighted by Crippen LogP contribution is 2.24. The molecule has 1 heterocycles. The Labute approximate surface area is 120 Å². The Balaban J connectivity index is 2.31. The van der Waals surface area contributed by atoms with Crippen LogP contribution in [0.25, 0.3) is 5.69 Å². The van der Waals surface area contributed by atoms with Crippen LogP contribution in [0.4, 0.5) is 0 Å². The Hall–Kier alpha value is -1.65. The van der Waals surface area contributed by atoms with Crippen LogP contribution < -0.4 is 5.73 Å². The zero-order valence-corrected chi connectivity index (χ0v) is 12.4. The van der Waals surface area contributed by atoms with Crippen molar-refractivity contribution < 1.29 is 4.74 Å². The van der Waals surface area contributed by atoms with Crippen LogP contribution >= 0.6 is 0 Å². The average molecular weight is 273 g/mol. The molecular weight excluding hydrogens is 250 g/mol. The van der Waals surface area contributed by atoms with Crippen molar-refractivity contribution >= 4 is 0 Å². The van der Waals surface area contributed by atoms with Crippen LogP contribution in [0.15, 0.2) is 42.6 Å². The van der Waals surface area contributed by atoms with E-state index in [0.29, 0.717) is 12.5 Å². The molecule has 0 saturated heterocycles. The smallest absolute Gasteiger partial charge is 0.0805 e. The molecule has 1 aromatic carbocycles. The van der Waals surface area contributed by atoms with Gasteiger partial charge in [0.15, 0.2) is 0 Å². The van der Waals surface area contributed by atoms with Crippen LogP contribution in [0.3, 0.4) is 0 Å². The van der Waals surface area contributed by atoms with Crippen LogP contribution in [-0.4, -0.2) is 22.5 Å². The van der Waals surface area contributed by atoms with Crippen molar-refractivity contribution in [1.82, 2.24) is 9.78 Å². The minimum atomic E-state index is -0.197. The van der Waals surface area contributed by atoms with E-state index in [1.807, 2.05) is 48.0 Å². The summed E-state index contributed by atoms with van der Waals surface area (Å²) >= 11 is 0. The maximum absolute atomic E-state index is 6.42. The van der Waals surface area contributed by atoms with Gasteiger partial charge in [-0.15, -0.1) is 0 Å². The Kier molecular flexibility index (Phi) is 4.93. The van der Waals surface area contributed by atoms with Crippen molar-refractivity contribution in [3.63, 3.8) is 0 Å². The lowest BCUT2D eigenvalue weighted by atomic mass is 9.97. The highest BCUT2D eigenvalue weighted by atomic mass is 16.5. The second-order valence-electron chi connectivity index (χ2n) is 5.19. The summed E-state index contributed by atoms with van der Waals surface area (Å²) in [5.41, 5.74) is 8.41. The number of benzene rings is 1. The summed E-state index contributed by atoms with van der Waals surface area (Å²) in [5.74, 6) is 0.351. The fourth-order valence-electron chi connectivity index (χ4n) is 2.42. The van der Waals surface area contributed by atoms with Gasteiger partial charge >= 0.3 is 0 Å². The van der Waals surface area contributed by atoms with E-state index in [-0.39, 0.29) is 12.1 Å². The van der Waals surface area contributed by atoms with Gasteiger partial charge in [-0.3, -0.25) is 0 Å².